The van der Waals surface area contributed by atoms with Crippen molar-refractivity contribution in [3.8, 4) is 0 Å². The lowest BCUT2D eigenvalue weighted by Gasteiger charge is -2.52. The van der Waals surface area contributed by atoms with E-state index in [1.807, 2.05) is 0 Å². The van der Waals surface area contributed by atoms with Crippen LogP contribution in [-0.2, 0) is 14.3 Å². The predicted octanol–water partition coefficient (Wildman–Crippen LogP) is 1.10. The maximum absolute atomic E-state index is 11.0. The number of methoxy groups -OCH3 is 1. The van der Waals surface area contributed by atoms with E-state index in [1.54, 1.807) is 0 Å². The standard InChI is InChI=1S/C12H21NO3/c1-11-3-5-12(6-4-11,9-16-11)8-13-7-10(14)15-2/h13H,3-9H2,1-2H3. The number of ether oxygens (including phenoxy) is 2. The first-order valence-electron chi connectivity index (χ1n) is 5.99. The Labute approximate surface area is 96.7 Å². The third-order valence-corrected chi connectivity index (χ3v) is 4.09. The summed E-state index contributed by atoms with van der Waals surface area (Å²) < 4.78 is 10.5. The molecule has 1 saturated carbocycles. The fourth-order valence-corrected chi connectivity index (χ4v) is 2.65. The minimum atomic E-state index is -0.200. The van der Waals surface area contributed by atoms with E-state index in [-0.39, 0.29) is 17.0 Å². The first-order valence-corrected chi connectivity index (χ1v) is 5.99. The second kappa shape index (κ2) is 4.34. The summed E-state index contributed by atoms with van der Waals surface area (Å²) in [6, 6.07) is 0. The van der Waals surface area contributed by atoms with Gasteiger partial charge >= 0.3 is 5.97 Å². The van der Waals surface area contributed by atoms with Crippen LogP contribution in [0, 0.1) is 5.41 Å². The van der Waals surface area contributed by atoms with Crippen LogP contribution in [0.1, 0.15) is 32.6 Å². The summed E-state index contributed by atoms with van der Waals surface area (Å²) in [7, 11) is 1.41. The van der Waals surface area contributed by atoms with Crippen molar-refractivity contribution in [3.63, 3.8) is 0 Å². The van der Waals surface area contributed by atoms with Crippen LogP contribution in [0.5, 0.6) is 0 Å². The fraction of sp³-hybridized carbons (Fsp3) is 0.917. The maximum Gasteiger partial charge on any atom is 0.319 e. The number of rotatable bonds is 4. The van der Waals surface area contributed by atoms with Crippen molar-refractivity contribution in [3.05, 3.63) is 0 Å². The SMILES string of the molecule is COC(=O)CNCC12CCC(C)(CC1)OC2. The Bertz CT molecular complexity index is 253. The van der Waals surface area contributed by atoms with Gasteiger partial charge in [-0.25, -0.2) is 0 Å². The van der Waals surface area contributed by atoms with E-state index < -0.39 is 0 Å². The van der Waals surface area contributed by atoms with Crippen LogP contribution in [0.2, 0.25) is 0 Å². The number of esters is 1. The summed E-state index contributed by atoms with van der Waals surface area (Å²) in [5.74, 6) is -0.200. The van der Waals surface area contributed by atoms with Crippen LogP contribution in [0.25, 0.3) is 0 Å². The van der Waals surface area contributed by atoms with Crippen molar-refractivity contribution >= 4 is 5.97 Å². The maximum atomic E-state index is 11.0. The second-order valence-corrected chi connectivity index (χ2v) is 5.42. The molecule has 0 amide bonds. The number of hydrogen-bond acceptors (Lipinski definition) is 4. The Morgan fingerprint density at radius 1 is 1.38 bits per heavy atom. The average Bonchev–Trinajstić information content (AvgIpc) is 2.31. The summed E-state index contributed by atoms with van der Waals surface area (Å²) in [5.41, 5.74) is 0.385. The van der Waals surface area contributed by atoms with E-state index in [1.165, 1.54) is 20.0 Å². The van der Waals surface area contributed by atoms with Crippen LogP contribution >= 0.6 is 0 Å². The molecule has 0 unspecified atom stereocenters. The molecule has 92 valence electrons. The minimum absolute atomic E-state index is 0.129. The number of fused-ring (bicyclic) bond motifs is 3. The summed E-state index contributed by atoms with van der Waals surface area (Å²) in [4.78, 5) is 11.0. The molecule has 3 fully saturated rings. The van der Waals surface area contributed by atoms with Crippen molar-refractivity contribution in [2.24, 2.45) is 5.41 Å². The molecule has 2 bridgehead atoms. The molecule has 1 aliphatic carbocycles. The smallest absolute Gasteiger partial charge is 0.319 e. The molecular weight excluding hydrogens is 206 g/mol. The lowest BCUT2D eigenvalue weighted by molar-refractivity contribution is -0.172. The molecule has 16 heavy (non-hydrogen) atoms. The highest BCUT2D eigenvalue weighted by Gasteiger charge is 2.46. The molecule has 1 N–H and O–H groups in total. The lowest BCUT2D eigenvalue weighted by Crippen LogP contribution is -2.53. The van der Waals surface area contributed by atoms with Gasteiger partial charge in [0.25, 0.3) is 0 Å². The van der Waals surface area contributed by atoms with Crippen molar-refractivity contribution in [1.82, 2.24) is 5.32 Å². The Morgan fingerprint density at radius 2 is 2.06 bits per heavy atom. The van der Waals surface area contributed by atoms with Gasteiger partial charge in [-0.3, -0.25) is 4.79 Å². The largest absolute Gasteiger partial charge is 0.468 e. The molecule has 4 nitrogen and oxygen atoms in total. The van der Waals surface area contributed by atoms with Crippen LogP contribution in [0.15, 0.2) is 0 Å². The molecule has 0 spiro atoms. The second-order valence-electron chi connectivity index (χ2n) is 5.42. The van der Waals surface area contributed by atoms with Gasteiger partial charge in [0.05, 0.1) is 25.9 Å². The van der Waals surface area contributed by atoms with Crippen LogP contribution in [0.4, 0.5) is 0 Å². The molecular formula is C12H21NO3. The molecule has 0 aromatic heterocycles. The molecule has 3 rings (SSSR count). The third-order valence-electron chi connectivity index (χ3n) is 4.09. The minimum Gasteiger partial charge on any atom is -0.468 e. The van der Waals surface area contributed by atoms with E-state index in [4.69, 9.17) is 4.74 Å². The van der Waals surface area contributed by atoms with Gasteiger partial charge in [-0.05, 0) is 32.6 Å². The molecule has 2 aliphatic heterocycles. The summed E-state index contributed by atoms with van der Waals surface area (Å²) in [6.45, 7) is 4.20. The normalized spacial score (nSPS) is 37.4. The number of carbonyl (C=O) groups is 1. The number of nitrogens with one attached hydrogen (secondary N) is 1. The highest BCUT2D eigenvalue weighted by Crippen LogP contribution is 2.48. The lowest BCUT2D eigenvalue weighted by atomic mass is 9.66. The summed E-state index contributed by atoms with van der Waals surface area (Å²) in [5, 5.41) is 3.18. The Hall–Kier alpha value is -0.610. The quantitative estimate of drug-likeness (QED) is 0.731. The van der Waals surface area contributed by atoms with Gasteiger partial charge in [-0.15, -0.1) is 0 Å². The molecule has 0 aromatic carbocycles. The van der Waals surface area contributed by atoms with Gasteiger partial charge in [0.2, 0.25) is 0 Å². The number of hydrogen-bond donors (Lipinski definition) is 1. The van der Waals surface area contributed by atoms with Crippen LogP contribution in [0.3, 0.4) is 0 Å². The zero-order valence-corrected chi connectivity index (χ0v) is 10.2. The highest BCUT2D eigenvalue weighted by molar-refractivity contribution is 5.71. The van der Waals surface area contributed by atoms with E-state index in [2.05, 4.69) is 17.0 Å². The Morgan fingerprint density at radius 3 is 2.56 bits per heavy atom. The molecule has 0 radical (unpaired) electrons. The zero-order valence-electron chi connectivity index (χ0n) is 10.2. The van der Waals surface area contributed by atoms with Gasteiger partial charge < -0.3 is 14.8 Å². The van der Waals surface area contributed by atoms with Gasteiger partial charge in [-0.2, -0.15) is 0 Å². The van der Waals surface area contributed by atoms with Crippen LogP contribution in [-0.4, -0.2) is 38.4 Å². The highest BCUT2D eigenvalue weighted by atomic mass is 16.5. The zero-order chi connectivity index (χ0) is 11.6. The van der Waals surface area contributed by atoms with Crippen molar-refractivity contribution < 1.29 is 14.3 Å². The molecule has 2 saturated heterocycles. The van der Waals surface area contributed by atoms with Crippen molar-refractivity contribution in [2.45, 2.75) is 38.2 Å². The van der Waals surface area contributed by atoms with E-state index >= 15 is 0 Å². The van der Waals surface area contributed by atoms with Gasteiger partial charge in [0.1, 0.15) is 0 Å². The van der Waals surface area contributed by atoms with Gasteiger partial charge in [-0.1, -0.05) is 0 Å². The van der Waals surface area contributed by atoms with Gasteiger partial charge in [0, 0.05) is 12.0 Å². The van der Waals surface area contributed by atoms with E-state index in [0.29, 0.717) is 6.54 Å². The van der Waals surface area contributed by atoms with E-state index in [9.17, 15) is 4.79 Å². The first-order chi connectivity index (χ1) is 7.58. The topological polar surface area (TPSA) is 47.6 Å². The van der Waals surface area contributed by atoms with Crippen molar-refractivity contribution in [1.29, 1.82) is 0 Å². The molecule has 4 heteroatoms. The molecule has 3 aliphatic rings. The molecule has 0 atom stereocenters. The molecule has 2 heterocycles. The summed E-state index contributed by atoms with van der Waals surface area (Å²) in [6.07, 6.45) is 4.70. The first kappa shape index (κ1) is 11.9. The predicted molar refractivity (Wildman–Crippen MR) is 60.1 cm³/mol. The van der Waals surface area contributed by atoms with Gasteiger partial charge in [0.15, 0.2) is 0 Å². The molecule has 0 aromatic rings. The Kier molecular flexibility index (Phi) is 3.22. The van der Waals surface area contributed by atoms with Crippen LogP contribution < -0.4 is 5.32 Å². The number of carbonyl (C=O) groups excluding carboxylic acids is 1. The Balaban J connectivity index is 1.79. The summed E-state index contributed by atoms with van der Waals surface area (Å²) >= 11 is 0. The van der Waals surface area contributed by atoms with E-state index in [0.717, 1.165) is 26.0 Å². The third kappa shape index (κ3) is 2.38. The fourth-order valence-electron chi connectivity index (χ4n) is 2.65. The van der Waals surface area contributed by atoms with Crippen molar-refractivity contribution in [2.75, 3.05) is 26.8 Å². The monoisotopic (exact) mass is 227 g/mol. The average molecular weight is 227 g/mol.